The molecule has 1 N–H and O–H groups in total. The van der Waals surface area contributed by atoms with E-state index >= 15 is 0 Å². The fraction of sp³-hybridized carbons (Fsp3) is 0.263. The van der Waals surface area contributed by atoms with Crippen LogP contribution in [-0.4, -0.2) is 22.6 Å². The summed E-state index contributed by atoms with van der Waals surface area (Å²) in [7, 11) is 0. The van der Waals surface area contributed by atoms with Gasteiger partial charge >= 0.3 is 6.03 Å². The van der Waals surface area contributed by atoms with E-state index in [1.807, 2.05) is 11.8 Å². The van der Waals surface area contributed by atoms with E-state index in [-0.39, 0.29) is 12.1 Å². The summed E-state index contributed by atoms with van der Waals surface area (Å²) in [6.07, 6.45) is 0.858. The number of rotatable bonds is 2. The Hall–Kier alpha value is -2.02. The summed E-state index contributed by atoms with van der Waals surface area (Å²) in [5, 5.41) is 9.99. The number of halogens is 2. The quantitative estimate of drug-likeness (QED) is 0.537. The number of thiophene rings is 1. The van der Waals surface area contributed by atoms with Gasteiger partial charge in [-0.3, -0.25) is 0 Å². The van der Waals surface area contributed by atoms with Crippen molar-refractivity contribution in [1.29, 1.82) is 0 Å². The maximum Gasteiger partial charge on any atom is 0.322 e. The third kappa shape index (κ3) is 3.22. The summed E-state index contributed by atoms with van der Waals surface area (Å²) >= 11 is 14.4. The van der Waals surface area contributed by atoms with Crippen LogP contribution < -0.4 is 5.32 Å². The Labute approximate surface area is 170 Å². The highest BCUT2D eigenvalue weighted by molar-refractivity contribution is 7.10. The minimum Gasteiger partial charge on any atom is -0.359 e. The molecule has 0 bridgehead atoms. The Bertz CT molecular complexity index is 994. The topological polar surface area (TPSA) is 58.4 Å². The number of hydrogen-bond donors (Lipinski definition) is 1. The molecule has 27 heavy (non-hydrogen) atoms. The molecular formula is C19H17Cl2N3O2S. The number of hydrogen-bond acceptors (Lipinski definition) is 4. The van der Waals surface area contributed by atoms with Crippen molar-refractivity contribution in [2.24, 2.45) is 0 Å². The Morgan fingerprint density at radius 2 is 2.07 bits per heavy atom. The molecule has 1 aliphatic rings. The van der Waals surface area contributed by atoms with Crippen LogP contribution >= 0.6 is 34.5 Å². The molecule has 3 heterocycles. The van der Waals surface area contributed by atoms with E-state index in [0.29, 0.717) is 39.3 Å². The average Bonchev–Trinajstić information content (AvgIpc) is 3.24. The maximum atomic E-state index is 13.0. The summed E-state index contributed by atoms with van der Waals surface area (Å²) in [4.78, 5) is 16.2. The molecule has 5 nitrogen and oxygen atoms in total. The molecule has 0 fully saturated rings. The zero-order valence-corrected chi connectivity index (χ0v) is 17.1. The third-order valence-corrected chi connectivity index (χ3v) is 6.46. The lowest BCUT2D eigenvalue weighted by atomic mass is 10.0. The molecular weight excluding hydrogens is 405 g/mol. The number of aromatic nitrogens is 1. The van der Waals surface area contributed by atoms with Crippen LogP contribution in [-0.2, 0) is 6.42 Å². The normalized spacial score (nSPS) is 16.3. The van der Waals surface area contributed by atoms with Crippen LogP contribution in [0.15, 0.2) is 34.2 Å². The summed E-state index contributed by atoms with van der Waals surface area (Å²) in [6, 6.07) is 7.10. The number of urea groups is 1. The monoisotopic (exact) mass is 421 g/mol. The van der Waals surface area contributed by atoms with Crippen molar-refractivity contribution in [2.45, 2.75) is 26.3 Å². The first-order chi connectivity index (χ1) is 13.0. The van der Waals surface area contributed by atoms with Crippen LogP contribution in [0.1, 0.15) is 29.2 Å². The molecule has 1 atom stereocenters. The Morgan fingerprint density at radius 3 is 2.81 bits per heavy atom. The molecule has 2 aromatic heterocycles. The molecule has 1 aromatic carbocycles. The molecule has 0 saturated carbocycles. The van der Waals surface area contributed by atoms with Gasteiger partial charge < -0.3 is 14.7 Å². The number of aryl methyl sites for hydroxylation is 1. The lowest BCUT2D eigenvalue weighted by Gasteiger charge is -2.33. The van der Waals surface area contributed by atoms with Gasteiger partial charge in [0, 0.05) is 17.0 Å². The van der Waals surface area contributed by atoms with Gasteiger partial charge in [-0.2, -0.15) is 0 Å². The number of fused-ring (bicyclic) bond motifs is 1. The van der Waals surface area contributed by atoms with E-state index in [0.717, 1.165) is 6.42 Å². The highest BCUT2D eigenvalue weighted by Crippen LogP contribution is 2.40. The van der Waals surface area contributed by atoms with Gasteiger partial charge in [0.05, 0.1) is 16.1 Å². The first kappa shape index (κ1) is 18.3. The van der Waals surface area contributed by atoms with Crippen LogP contribution in [0.5, 0.6) is 0 Å². The zero-order valence-electron chi connectivity index (χ0n) is 14.8. The summed E-state index contributed by atoms with van der Waals surface area (Å²) in [5.41, 5.74) is 2.66. The maximum absolute atomic E-state index is 13.0. The molecule has 0 radical (unpaired) electrons. The van der Waals surface area contributed by atoms with Crippen molar-refractivity contribution in [3.8, 4) is 11.3 Å². The van der Waals surface area contributed by atoms with Crippen LogP contribution in [0.25, 0.3) is 11.3 Å². The Morgan fingerprint density at radius 1 is 1.33 bits per heavy atom. The van der Waals surface area contributed by atoms with Crippen LogP contribution in [0.2, 0.25) is 10.0 Å². The summed E-state index contributed by atoms with van der Waals surface area (Å²) in [5.74, 6) is 0.496. The predicted octanol–water partition coefficient (Wildman–Crippen LogP) is 6.17. The second-order valence-electron chi connectivity index (χ2n) is 6.41. The number of carbonyl (C=O) groups excluding carboxylic acids is 1. The van der Waals surface area contributed by atoms with Gasteiger partial charge in [0.25, 0.3) is 0 Å². The van der Waals surface area contributed by atoms with E-state index < -0.39 is 0 Å². The fourth-order valence-corrected chi connectivity index (χ4v) is 4.92. The zero-order chi connectivity index (χ0) is 19.1. The molecule has 8 heteroatoms. The van der Waals surface area contributed by atoms with Gasteiger partial charge in [0.1, 0.15) is 11.4 Å². The smallest absolute Gasteiger partial charge is 0.322 e. The molecule has 1 unspecified atom stereocenters. The first-order valence-corrected chi connectivity index (χ1v) is 10.2. The van der Waals surface area contributed by atoms with Gasteiger partial charge in [-0.15, -0.1) is 11.3 Å². The summed E-state index contributed by atoms with van der Waals surface area (Å²) < 4.78 is 5.32. The fourth-order valence-electron chi connectivity index (χ4n) is 3.38. The highest BCUT2D eigenvalue weighted by atomic mass is 35.5. The first-order valence-electron chi connectivity index (χ1n) is 8.52. The largest absolute Gasteiger partial charge is 0.359 e. The molecule has 3 aromatic rings. The second kappa shape index (κ2) is 7.19. The lowest BCUT2D eigenvalue weighted by Crippen LogP contribution is -2.41. The molecule has 4 rings (SSSR count). The minimum atomic E-state index is -0.199. The number of amides is 2. The number of anilines is 1. The van der Waals surface area contributed by atoms with Crippen molar-refractivity contribution in [1.82, 2.24) is 10.1 Å². The minimum absolute atomic E-state index is 0.00696. The molecule has 0 spiro atoms. The van der Waals surface area contributed by atoms with E-state index in [1.165, 1.54) is 10.4 Å². The SMILES string of the molecule is Cc1onc(-c2c(Cl)cccc2Cl)c1NC(=O)N1CCc2sccc2C1C. The van der Waals surface area contributed by atoms with Crippen molar-refractivity contribution >= 4 is 46.3 Å². The molecule has 1 aliphatic heterocycles. The van der Waals surface area contributed by atoms with Crippen molar-refractivity contribution < 1.29 is 9.32 Å². The van der Waals surface area contributed by atoms with Gasteiger partial charge in [-0.1, -0.05) is 34.4 Å². The molecule has 2 amide bonds. The predicted molar refractivity (Wildman–Crippen MR) is 109 cm³/mol. The van der Waals surface area contributed by atoms with Crippen LogP contribution in [0.4, 0.5) is 10.5 Å². The van der Waals surface area contributed by atoms with Crippen molar-refractivity contribution in [2.75, 3.05) is 11.9 Å². The standard InChI is InChI=1S/C19H17Cl2N3O2S/c1-10-12-7-9-27-15(12)6-8-24(10)19(25)22-17-11(2)26-23-18(17)16-13(20)4-3-5-14(16)21/h3-5,7,9-10H,6,8H2,1-2H3,(H,22,25). The van der Waals surface area contributed by atoms with E-state index in [4.69, 9.17) is 27.7 Å². The van der Waals surface area contributed by atoms with Gasteiger partial charge in [-0.25, -0.2) is 4.79 Å². The van der Waals surface area contributed by atoms with E-state index in [1.54, 1.807) is 36.5 Å². The Balaban J connectivity index is 1.64. The third-order valence-electron chi connectivity index (χ3n) is 4.83. The van der Waals surface area contributed by atoms with E-state index in [2.05, 4.69) is 21.9 Å². The highest BCUT2D eigenvalue weighted by Gasteiger charge is 2.30. The van der Waals surface area contributed by atoms with Gasteiger partial charge in [0.2, 0.25) is 0 Å². The molecule has 0 saturated heterocycles. The summed E-state index contributed by atoms with van der Waals surface area (Å²) in [6.45, 7) is 4.44. The number of benzene rings is 1. The van der Waals surface area contributed by atoms with Gasteiger partial charge in [0.15, 0.2) is 5.76 Å². The number of carbonyl (C=O) groups is 1. The molecule has 140 valence electrons. The number of nitrogens with zero attached hydrogens (tertiary/aromatic N) is 2. The number of nitrogens with one attached hydrogen (secondary N) is 1. The Kier molecular flexibility index (Phi) is 4.88. The van der Waals surface area contributed by atoms with Crippen molar-refractivity contribution in [3.63, 3.8) is 0 Å². The van der Waals surface area contributed by atoms with Crippen molar-refractivity contribution in [3.05, 3.63) is 55.9 Å². The average molecular weight is 422 g/mol. The van der Waals surface area contributed by atoms with Gasteiger partial charge in [-0.05, 0) is 49.4 Å². The van der Waals surface area contributed by atoms with E-state index in [9.17, 15) is 4.79 Å². The molecule has 0 aliphatic carbocycles. The van der Waals surface area contributed by atoms with Crippen LogP contribution in [0.3, 0.4) is 0 Å². The van der Waals surface area contributed by atoms with Crippen LogP contribution in [0, 0.1) is 6.92 Å². The second-order valence-corrected chi connectivity index (χ2v) is 8.22. The lowest BCUT2D eigenvalue weighted by molar-refractivity contribution is 0.189.